The molecular formula is C23H23NO5. The Morgan fingerprint density at radius 3 is 2.34 bits per heavy atom. The average molecular weight is 393 g/mol. The number of carbonyl (C=O) groups is 2. The molecule has 1 aliphatic rings. The number of rotatable bonds is 6. The Bertz CT molecular complexity index is 989. The third-order valence-corrected chi connectivity index (χ3v) is 4.62. The summed E-state index contributed by atoms with van der Waals surface area (Å²) < 4.78 is 15.7. The van der Waals surface area contributed by atoms with Crippen molar-refractivity contribution >= 4 is 23.6 Å². The first-order valence-electron chi connectivity index (χ1n) is 9.22. The molecule has 0 radical (unpaired) electrons. The first-order chi connectivity index (χ1) is 14.0. The van der Waals surface area contributed by atoms with Crippen molar-refractivity contribution in [2.45, 2.75) is 13.8 Å². The SMILES string of the molecule is CCOC(=O)C1=C(C)N(c2ccc(OC)cc2)C(=O)/C1=C\c1cccc(OC)c1. The van der Waals surface area contributed by atoms with Gasteiger partial charge in [0.05, 0.1) is 32.0 Å². The first-order valence-corrected chi connectivity index (χ1v) is 9.22. The van der Waals surface area contributed by atoms with Gasteiger partial charge in [-0.3, -0.25) is 9.69 Å². The van der Waals surface area contributed by atoms with E-state index >= 15 is 0 Å². The zero-order valence-electron chi connectivity index (χ0n) is 16.9. The van der Waals surface area contributed by atoms with Crippen molar-refractivity contribution in [1.29, 1.82) is 0 Å². The fraction of sp³-hybridized carbons (Fsp3) is 0.217. The van der Waals surface area contributed by atoms with Crippen LogP contribution < -0.4 is 14.4 Å². The number of nitrogens with zero attached hydrogens (tertiary/aromatic N) is 1. The van der Waals surface area contributed by atoms with Gasteiger partial charge in [0.1, 0.15) is 11.5 Å². The van der Waals surface area contributed by atoms with Crippen LogP contribution in [0, 0.1) is 0 Å². The van der Waals surface area contributed by atoms with Gasteiger partial charge in [-0.2, -0.15) is 0 Å². The Morgan fingerprint density at radius 2 is 1.72 bits per heavy atom. The van der Waals surface area contributed by atoms with E-state index in [1.54, 1.807) is 64.5 Å². The highest BCUT2D eigenvalue weighted by molar-refractivity contribution is 6.23. The van der Waals surface area contributed by atoms with E-state index in [4.69, 9.17) is 14.2 Å². The van der Waals surface area contributed by atoms with Gasteiger partial charge in [-0.15, -0.1) is 0 Å². The zero-order valence-corrected chi connectivity index (χ0v) is 16.9. The van der Waals surface area contributed by atoms with Gasteiger partial charge in [0.15, 0.2) is 0 Å². The van der Waals surface area contributed by atoms with Crippen LogP contribution >= 0.6 is 0 Å². The maximum atomic E-state index is 13.3. The molecule has 0 bridgehead atoms. The Morgan fingerprint density at radius 1 is 1.03 bits per heavy atom. The van der Waals surface area contributed by atoms with E-state index in [0.717, 1.165) is 5.56 Å². The minimum absolute atomic E-state index is 0.221. The lowest BCUT2D eigenvalue weighted by molar-refractivity contribution is -0.138. The number of methoxy groups -OCH3 is 2. The molecule has 0 saturated carbocycles. The topological polar surface area (TPSA) is 65.1 Å². The molecule has 2 aromatic rings. The summed E-state index contributed by atoms with van der Waals surface area (Å²) in [6, 6.07) is 14.4. The number of amides is 1. The largest absolute Gasteiger partial charge is 0.497 e. The molecule has 6 heteroatoms. The molecule has 6 nitrogen and oxygen atoms in total. The molecule has 0 saturated heterocycles. The molecule has 1 amide bonds. The van der Waals surface area contributed by atoms with Crippen molar-refractivity contribution in [3.63, 3.8) is 0 Å². The molecule has 0 aliphatic carbocycles. The van der Waals surface area contributed by atoms with Crippen molar-refractivity contribution < 1.29 is 23.8 Å². The summed E-state index contributed by atoms with van der Waals surface area (Å²) in [5, 5.41) is 0. The van der Waals surface area contributed by atoms with Crippen LogP contribution in [-0.4, -0.2) is 32.7 Å². The molecule has 1 aliphatic heterocycles. The molecule has 3 rings (SSSR count). The summed E-state index contributed by atoms with van der Waals surface area (Å²) in [6.07, 6.45) is 1.68. The van der Waals surface area contributed by atoms with E-state index in [-0.39, 0.29) is 23.7 Å². The third kappa shape index (κ3) is 4.01. The zero-order chi connectivity index (χ0) is 21.0. The molecule has 0 N–H and O–H groups in total. The lowest BCUT2D eigenvalue weighted by Crippen LogP contribution is -2.24. The minimum atomic E-state index is -0.525. The normalized spacial score (nSPS) is 15.1. The van der Waals surface area contributed by atoms with Gasteiger partial charge in [0, 0.05) is 11.4 Å². The summed E-state index contributed by atoms with van der Waals surface area (Å²) in [4.78, 5) is 27.5. The van der Waals surface area contributed by atoms with Crippen LogP contribution in [0.5, 0.6) is 11.5 Å². The quantitative estimate of drug-likeness (QED) is 0.549. The van der Waals surface area contributed by atoms with Crippen molar-refractivity contribution in [2.24, 2.45) is 0 Å². The van der Waals surface area contributed by atoms with Gasteiger partial charge < -0.3 is 14.2 Å². The van der Waals surface area contributed by atoms with Crippen LogP contribution in [0.4, 0.5) is 5.69 Å². The lowest BCUT2D eigenvalue weighted by Gasteiger charge is -2.18. The Kier molecular flexibility index (Phi) is 6.02. The fourth-order valence-electron chi connectivity index (χ4n) is 3.22. The smallest absolute Gasteiger partial charge is 0.340 e. The van der Waals surface area contributed by atoms with Crippen LogP contribution in [-0.2, 0) is 14.3 Å². The molecule has 0 spiro atoms. The predicted octanol–water partition coefficient (Wildman–Crippen LogP) is 3.97. The molecular weight excluding hydrogens is 370 g/mol. The maximum absolute atomic E-state index is 13.3. The molecule has 0 aromatic heterocycles. The minimum Gasteiger partial charge on any atom is -0.497 e. The van der Waals surface area contributed by atoms with Crippen LogP contribution in [0.25, 0.3) is 6.08 Å². The second-order valence-electron chi connectivity index (χ2n) is 6.35. The highest BCUT2D eigenvalue weighted by Crippen LogP contribution is 2.36. The van der Waals surface area contributed by atoms with Gasteiger partial charge in [-0.1, -0.05) is 12.1 Å². The molecule has 0 fully saturated rings. The number of hydrogen-bond donors (Lipinski definition) is 0. The maximum Gasteiger partial charge on any atom is 0.340 e. The Hall–Kier alpha value is -3.54. The number of carbonyl (C=O) groups excluding carboxylic acids is 2. The molecule has 29 heavy (non-hydrogen) atoms. The van der Waals surface area contributed by atoms with Crippen molar-refractivity contribution in [3.05, 3.63) is 70.9 Å². The predicted molar refractivity (Wildman–Crippen MR) is 111 cm³/mol. The summed E-state index contributed by atoms with van der Waals surface area (Å²) >= 11 is 0. The number of esters is 1. The van der Waals surface area contributed by atoms with E-state index in [2.05, 4.69) is 0 Å². The van der Waals surface area contributed by atoms with E-state index in [0.29, 0.717) is 22.9 Å². The number of benzene rings is 2. The summed E-state index contributed by atoms with van der Waals surface area (Å²) in [7, 11) is 3.15. The molecule has 2 aromatic carbocycles. The van der Waals surface area contributed by atoms with Crippen molar-refractivity contribution in [1.82, 2.24) is 0 Å². The van der Waals surface area contributed by atoms with Gasteiger partial charge >= 0.3 is 5.97 Å². The monoisotopic (exact) mass is 393 g/mol. The molecule has 0 atom stereocenters. The standard InChI is InChI=1S/C23H23NO5/c1-5-29-23(26)21-15(2)24(17-9-11-18(27-3)12-10-17)22(25)20(21)14-16-7-6-8-19(13-16)28-4/h6-14H,5H2,1-4H3/b20-14-. The summed E-state index contributed by atoms with van der Waals surface area (Å²) in [6.45, 7) is 3.69. The van der Waals surface area contributed by atoms with Gasteiger partial charge in [0.2, 0.25) is 0 Å². The number of allylic oxidation sites excluding steroid dienone is 1. The second kappa shape index (κ2) is 8.65. The van der Waals surface area contributed by atoms with Gasteiger partial charge in [-0.05, 0) is 61.9 Å². The van der Waals surface area contributed by atoms with Crippen LogP contribution in [0.2, 0.25) is 0 Å². The van der Waals surface area contributed by atoms with E-state index in [9.17, 15) is 9.59 Å². The van der Waals surface area contributed by atoms with E-state index < -0.39 is 5.97 Å². The fourth-order valence-corrected chi connectivity index (χ4v) is 3.22. The summed E-state index contributed by atoms with van der Waals surface area (Å²) in [5.41, 5.74) is 2.45. The number of hydrogen-bond acceptors (Lipinski definition) is 5. The van der Waals surface area contributed by atoms with Gasteiger partial charge in [-0.25, -0.2) is 4.79 Å². The van der Waals surface area contributed by atoms with E-state index in [1.807, 2.05) is 18.2 Å². The molecule has 1 heterocycles. The van der Waals surface area contributed by atoms with Crippen molar-refractivity contribution in [3.8, 4) is 11.5 Å². The van der Waals surface area contributed by atoms with Crippen LogP contribution in [0.15, 0.2) is 65.4 Å². The Balaban J connectivity index is 2.10. The van der Waals surface area contributed by atoms with E-state index in [1.165, 1.54) is 4.90 Å². The highest BCUT2D eigenvalue weighted by atomic mass is 16.5. The van der Waals surface area contributed by atoms with Crippen molar-refractivity contribution in [2.75, 3.05) is 25.7 Å². The second-order valence-corrected chi connectivity index (χ2v) is 6.35. The number of ether oxygens (including phenoxy) is 3. The molecule has 150 valence electrons. The Labute approximate surface area is 170 Å². The van der Waals surface area contributed by atoms with Crippen LogP contribution in [0.3, 0.4) is 0 Å². The lowest BCUT2D eigenvalue weighted by atomic mass is 10.0. The molecule has 0 unspecified atom stereocenters. The van der Waals surface area contributed by atoms with Crippen LogP contribution in [0.1, 0.15) is 19.4 Å². The number of anilines is 1. The highest BCUT2D eigenvalue weighted by Gasteiger charge is 2.38. The average Bonchev–Trinajstić information content (AvgIpc) is 2.98. The first kappa shape index (κ1) is 20.2. The summed E-state index contributed by atoms with van der Waals surface area (Å²) in [5.74, 6) is 0.525. The third-order valence-electron chi connectivity index (χ3n) is 4.62. The van der Waals surface area contributed by atoms with Gasteiger partial charge in [0.25, 0.3) is 5.91 Å².